The van der Waals surface area contributed by atoms with Crippen LogP contribution >= 0.6 is 0 Å². The Kier molecular flexibility index (Phi) is 13.6. The Bertz CT molecular complexity index is 1420. The molecule has 0 unspecified atom stereocenters. The second kappa shape index (κ2) is 17.3. The Balaban J connectivity index is 1.88. The molecule has 0 fully saturated rings. The van der Waals surface area contributed by atoms with Crippen LogP contribution < -0.4 is 21.6 Å². The van der Waals surface area contributed by atoms with Gasteiger partial charge < -0.3 is 30.1 Å². The lowest BCUT2D eigenvalue weighted by Crippen LogP contribution is -2.46. The first-order valence-electron chi connectivity index (χ1n) is 13.3. The van der Waals surface area contributed by atoms with Crippen LogP contribution in [0, 0.1) is 34.1 Å². The van der Waals surface area contributed by atoms with Crippen LogP contribution in [0.5, 0.6) is 0 Å². The van der Waals surface area contributed by atoms with Crippen molar-refractivity contribution in [2.45, 2.75) is 71.6 Å². The number of rotatable bonds is 17. The van der Waals surface area contributed by atoms with Crippen molar-refractivity contribution in [1.29, 1.82) is 0 Å². The molecule has 23 nitrogen and oxygen atoms in total. The minimum atomic E-state index is -1.26. The zero-order valence-electron chi connectivity index (χ0n) is 24.4. The van der Waals surface area contributed by atoms with Gasteiger partial charge in [0.15, 0.2) is 11.6 Å². The van der Waals surface area contributed by atoms with Crippen LogP contribution in [0.2, 0.25) is 0 Å². The van der Waals surface area contributed by atoms with E-state index in [4.69, 9.17) is 9.84 Å². The van der Waals surface area contributed by atoms with Gasteiger partial charge in [-0.05, 0) is 9.85 Å². The molecule has 6 amide bonds. The lowest BCUT2D eigenvalue weighted by Gasteiger charge is -2.17. The van der Waals surface area contributed by atoms with Gasteiger partial charge in [0.25, 0.3) is 0 Å². The molecule has 46 heavy (non-hydrogen) atoms. The highest BCUT2D eigenvalue weighted by molar-refractivity contribution is 5.96. The molecule has 0 saturated carbocycles. The summed E-state index contributed by atoms with van der Waals surface area (Å²) < 4.78 is 8.07. The van der Waals surface area contributed by atoms with Crippen molar-refractivity contribution in [1.82, 2.24) is 40.7 Å². The molecule has 0 spiro atoms. The van der Waals surface area contributed by atoms with Crippen LogP contribution in [0.25, 0.3) is 0 Å². The number of hydrogen-bond donors (Lipinski definition) is 5. The van der Waals surface area contributed by atoms with Gasteiger partial charge in [0, 0.05) is 39.5 Å². The number of hydroxylamine groups is 2. The van der Waals surface area contributed by atoms with E-state index in [1.807, 2.05) is 0 Å². The molecule has 250 valence electrons. The Morgan fingerprint density at radius 3 is 1.65 bits per heavy atom. The normalized spacial score (nSPS) is 10.6. The van der Waals surface area contributed by atoms with E-state index in [0.717, 1.165) is 12.4 Å². The summed E-state index contributed by atoms with van der Waals surface area (Å²) in [6.45, 7) is 3.11. The molecule has 0 aromatic carbocycles. The zero-order valence-corrected chi connectivity index (χ0v) is 24.4. The maximum Gasteiger partial charge on any atom is 0.347 e. The minimum absolute atomic E-state index is 0.00824. The molecule has 0 radical (unpaired) electrons. The number of amides is 6. The van der Waals surface area contributed by atoms with E-state index in [1.54, 1.807) is 35.4 Å². The Labute approximate surface area is 257 Å². The molecular formula is C23H30N10O13. The van der Waals surface area contributed by atoms with Gasteiger partial charge in [0.05, 0.1) is 25.9 Å². The van der Waals surface area contributed by atoms with E-state index in [2.05, 4.69) is 14.9 Å². The second-order valence-corrected chi connectivity index (χ2v) is 9.29. The Morgan fingerprint density at radius 2 is 1.24 bits per heavy atom. The molecule has 0 saturated heterocycles. The summed E-state index contributed by atoms with van der Waals surface area (Å²) in [6, 6.07) is -2.50. The molecule has 2 rings (SSSR count). The smallest absolute Gasteiger partial charge is 0.347 e. The number of carboxylic acids is 1. The van der Waals surface area contributed by atoms with Crippen molar-refractivity contribution in [3.8, 4) is 0 Å². The van der Waals surface area contributed by atoms with E-state index >= 15 is 0 Å². The summed E-state index contributed by atoms with van der Waals surface area (Å²) in [6.07, 6.45) is -0.740. The van der Waals surface area contributed by atoms with Gasteiger partial charge in [0.1, 0.15) is 18.5 Å². The van der Waals surface area contributed by atoms with E-state index in [0.29, 0.717) is 11.6 Å². The number of aliphatic carboxylic acids is 1. The molecule has 2 aromatic rings. The van der Waals surface area contributed by atoms with Crippen LogP contribution in [0.1, 0.15) is 50.2 Å². The minimum Gasteiger partial charge on any atom is -0.481 e. The predicted molar refractivity (Wildman–Crippen MR) is 147 cm³/mol. The predicted octanol–water partition coefficient (Wildman–Crippen LogP) is 0.0482. The molecule has 2 aromatic heterocycles. The average molecular weight is 655 g/mol. The fraction of sp³-hybridized carbons (Fsp3) is 0.478. The fourth-order valence-corrected chi connectivity index (χ4v) is 3.79. The number of imide groups is 2. The van der Waals surface area contributed by atoms with Crippen molar-refractivity contribution in [2.24, 2.45) is 0 Å². The largest absolute Gasteiger partial charge is 0.481 e. The molecule has 0 atom stereocenters. The molecule has 2 heterocycles. The quantitative estimate of drug-likeness (QED) is 0.0854. The third kappa shape index (κ3) is 11.9. The van der Waals surface area contributed by atoms with Crippen molar-refractivity contribution >= 4 is 47.5 Å². The molecule has 5 N–H and O–H groups in total. The van der Waals surface area contributed by atoms with E-state index in [1.165, 1.54) is 9.13 Å². The topological polar surface area (TPSA) is 311 Å². The third-order valence-corrected chi connectivity index (χ3v) is 6.01. The first-order chi connectivity index (χ1) is 21.7. The van der Waals surface area contributed by atoms with E-state index in [9.17, 15) is 49.0 Å². The molecule has 0 bridgehead atoms. The number of carbonyl (C=O) groups is 6. The van der Waals surface area contributed by atoms with Gasteiger partial charge in [-0.25, -0.2) is 28.7 Å². The average Bonchev–Trinajstić information content (AvgIpc) is 3.53. The number of hydrogen-bond acceptors (Lipinski definition) is 14. The van der Waals surface area contributed by atoms with Gasteiger partial charge in [-0.1, -0.05) is 0 Å². The number of nitro groups is 2. The standard InChI is InChI=1S/C23H30N10O13/c1-13-24-11-18(32(41)42)30(13)9-7-15(8-10-31-14(2)25-12-19(31)33(43)44)45-21(38)6-4-17(35)27-23(40)29-46-28-22(39)26-16(34)3-5-20(36)37/h11-12,15H,3-10H2,1-2H3,(H,36,37)(H2,26,28,34,39)(H2,27,29,35,40). The van der Waals surface area contributed by atoms with Crippen molar-refractivity contribution in [3.05, 3.63) is 44.3 Å². The monoisotopic (exact) mass is 654 g/mol. The number of aryl methyl sites for hydroxylation is 2. The summed E-state index contributed by atoms with van der Waals surface area (Å²) >= 11 is 0. The lowest BCUT2D eigenvalue weighted by atomic mass is 10.1. The van der Waals surface area contributed by atoms with Gasteiger partial charge >= 0.3 is 35.6 Å². The number of urea groups is 2. The highest BCUT2D eigenvalue weighted by Gasteiger charge is 2.25. The lowest BCUT2D eigenvalue weighted by molar-refractivity contribution is -0.392. The van der Waals surface area contributed by atoms with Crippen molar-refractivity contribution in [3.63, 3.8) is 0 Å². The number of esters is 1. The summed E-state index contributed by atoms with van der Waals surface area (Å²) in [4.78, 5) is 103. The van der Waals surface area contributed by atoms with E-state index < -0.39 is 77.4 Å². The van der Waals surface area contributed by atoms with E-state index in [-0.39, 0.29) is 37.6 Å². The highest BCUT2D eigenvalue weighted by atomic mass is 16.8. The van der Waals surface area contributed by atoms with Gasteiger partial charge in [-0.3, -0.25) is 29.8 Å². The molecule has 0 aliphatic heterocycles. The number of nitrogens with one attached hydrogen (secondary N) is 4. The van der Waals surface area contributed by atoms with Crippen LogP contribution in [0.15, 0.2) is 12.4 Å². The highest BCUT2D eigenvalue weighted by Crippen LogP contribution is 2.20. The summed E-state index contributed by atoms with van der Waals surface area (Å²) in [5.41, 5.74) is 3.19. The SMILES string of the molecule is Cc1ncc([N+](=O)[O-])n1CCC(CCn1c([N+](=O)[O-])cnc1C)OC(=O)CCC(=O)NC(=O)NONC(=O)NC(=O)CCC(=O)O. The zero-order chi connectivity index (χ0) is 34.4. The third-order valence-electron chi connectivity index (χ3n) is 6.01. The Hall–Kier alpha value is -6.00. The number of carboxylic acid groups (broad SMARTS) is 1. The van der Waals surface area contributed by atoms with Crippen LogP contribution in [-0.2, 0) is 41.9 Å². The van der Waals surface area contributed by atoms with Crippen molar-refractivity contribution < 1.29 is 53.4 Å². The summed E-state index contributed by atoms with van der Waals surface area (Å²) in [5.74, 6) is -3.95. The first kappa shape index (κ1) is 36.2. The van der Waals surface area contributed by atoms with Crippen LogP contribution in [0.4, 0.5) is 21.2 Å². The molecular weight excluding hydrogens is 624 g/mol. The number of nitrogens with zero attached hydrogens (tertiary/aromatic N) is 6. The number of imidazole rings is 2. The fourth-order valence-electron chi connectivity index (χ4n) is 3.79. The Morgan fingerprint density at radius 1 is 0.804 bits per heavy atom. The molecule has 0 aliphatic carbocycles. The maximum atomic E-state index is 12.6. The van der Waals surface area contributed by atoms with Gasteiger partial charge in [-0.15, -0.1) is 0 Å². The molecule has 23 heteroatoms. The number of carbonyl (C=O) groups excluding carboxylic acids is 5. The maximum absolute atomic E-state index is 12.6. The van der Waals surface area contributed by atoms with Gasteiger partial charge in [-0.2, -0.15) is 15.9 Å². The number of ether oxygens (including phenoxy) is 1. The summed E-state index contributed by atoms with van der Waals surface area (Å²) in [5, 5.41) is 34.7. The van der Waals surface area contributed by atoms with Crippen molar-refractivity contribution in [2.75, 3.05) is 0 Å². The first-order valence-corrected chi connectivity index (χ1v) is 13.3. The van der Waals surface area contributed by atoms with Crippen LogP contribution in [-0.4, -0.2) is 76.0 Å². The number of aromatic nitrogens is 4. The molecule has 0 aliphatic rings. The second-order valence-electron chi connectivity index (χ2n) is 9.29. The summed E-state index contributed by atoms with van der Waals surface area (Å²) in [7, 11) is 0. The van der Waals surface area contributed by atoms with Crippen LogP contribution in [0.3, 0.4) is 0 Å². The van der Waals surface area contributed by atoms with Gasteiger partial charge in [0.2, 0.25) is 11.8 Å².